The SMILES string of the molecule is COc1cccc(NC(=O)N2CCN(Cc3nc4ccccc4[nH]3)CC2)c1OC. The average Bonchev–Trinajstić information content (AvgIpc) is 3.16. The third-order valence-corrected chi connectivity index (χ3v) is 5.12. The molecule has 2 aromatic carbocycles. The van der Waals surface area contributed by atoms with Gasteiger partial charge in [0.15, 0.2) is 11.5 Å². The van der Waals surface area contributed by atoms with Crippen molar-refractivity contribution in [3.05, 3.63) is 48.3 Å². The number of amides is 2. The van der Waals surface area contributed by atoms with Gasteiger partial charge in [-0.25, -0.2) is 9.78 Å². The van der Waals surface area contributed by atoms with Gasteiger partial charge in [-0.3, -0.25) is 4.90 Å². The lowest BCUT2D eigenvalue weighted by molar-refractivity contribution is 0.141. The highest BCUT2D eigenvalue weighted by atomic mass is 16.5. The summed E-state index contributed by atoms with van der Waals surface area (Å²) in [4.78, 5) is 24.8. The van der Waals surface area contributed by atoms with Crippen LogP contribution in [0.2, 0.25) is 0 Å². The topological polar surface area (TPSA) is 82.7 Å². The molecule has 0 bridgehead atoms. The van der Waals surface area contributed by atoms with Crippen molar-refractivity contribution in [3.63, 3.8) is 0 Å². The molecule has 29 heavy (non-hydrogen) atoms. The van der Waals surface area contributed by atoms with Gasteiger partial charge in [0.05, 0.1) is 37.5 Å². The van der Waals surface area contributed by atoms with Crippen molar-refractivity contribution >= 4 is 22.8 Å². The Morgan fingerprint density at radius 1 is 1.07 bits per heavy atom. The Balaban J connectivity index is 1.34. The Morgan fingerprint density at radius 2 is 1.86 bits per heavy atom. The standard InChI is InChI=1S/C21H25N5O3/c1-28-18-9-5-8-17(20(18)29-2)24-21(27)26-12-10-25(11-13-26)14-19-22-15-6-3-4-7-16(15)23-19/h3-9H,10-14H2,1-2H3,(H,22,23)(H,24,27). The van der Waals surface area contributed by atoms with Crippen molar-refractivity contribution in [2.24, 2.45) is 0 Å². The second-order valence-electron chi connectivity index (χ2n) is 6.94. The van der Waals surface area contributed by atoms with E-state index in [9.17, 15) is 4.79 Å². The normalized spacial score (nSPS) is 14.8. The lowest BCUT2D eigenvalue weighted by Crippen LogP contribution is -2.49. The number of carbonyl (C=O) groups is 1. The fourth-order valence-electron chi connectivity index (χ4n) is 3.58. The van der Waals surface area contributed by atoms with Crippen LogP contribution in [0.1, 0.15) is 5.82 Å². The minimum atomic E-state index is -0.139. The van der Waals surface area contributed by atoms with E-state index in [1.54, 1.807) is 26.4 Å². The molecule has 1 aromatic heterocycles. The number of carbonyl (C=O) groups excluding carboxylic acids is 1. The number of methoxy groups -OCH3 is 2. The number of urea groups is 1. The van der Waals surface area contributed by atoms with E-state index in [1.165, 1.54) is 0 Å². The maximum Gasteiger partial charge on any atom is 0.322 e. The predicted molar refractivity (Wildman–Crippen MR) is 112 cm³/mol. The van der Waals surface area contributed by atoms with Crippen molar-refractivity contribution in [2.45, 2.75) is 6.54 Å². The van der Waals surface area contributed by atoms with Crippen LogP contribution in [0.4, 0.5) is 10.5 Å². The van der Waals surface area contributed by atoms with E-state index in [4.69, 9.17) is 9.47 Å². The maximum absolute atomic E-state index is 12.7. The number of aromatic nitrogens is 2. The fourth-order valence-corrected chi connectivity index (χ4v) is 3.58. The number of H-pyrrole nitrogens is 1. The molecule has 0 radical (unpaired) electrons. The van der Waals surface area contributed by atoms with Crippen LogP contribution in [-0.4, -0.2) is 66.2 Å². The zero-order valence-electron chi connectivity index (χ0n) is 16.6. The number of hydrogen-bond donors (Lipinski definition) is 2. The van der Waals surface area contributed by atoms with Gasteiger partial charge in [-0.15, -0.1) is 0 Å². The molecule has 8 nitrogen and oxygen atoms in total. The summed E-state index contributed by atoms with van der Waals surface area (Å²) in [6, 6.07) is 13.3. The van der Waals surface area contributed by atoms with E-state index < -0.39 is 0 Å². The highest BCUT2D eigenvalue weighted by molar-refractivity contribution is 5.91. The molecule has 152 valence electrons. The molecular weight excluding hydrogens is 370 g/mol. The van der Waals surface area contributed by atoms with E-state index >= 15 is 0 Å². The van der Waals surface area contributed by atoms with Crippen LogP contribution in [0.25, 0.3) is 11.0 Å². The molecule has 8 heteroatoms. The van der Waals surface area contributed by atoms with Gasteiger partial charge in [-0.1, -0.05) is 18.2 Å². The van der Waals surface area contributed by atoms with Crippen molar-refractivity contribution in [2.75, 3.05) is 45.7 Å². The molecule has 0 aliphatic carbocycles. The largest absolute Gasteiger partial charge is 0.493 e. The van der Waals surface area contributed by atoms with Crippen LogP contribution in [0, 0.1) is 0 Å². The monoisotopic (exact) mass is 395 g/mol. The summed E-state index contributed by atoms with van der Waals surface area (Å²) in [6.45, 7) is 3.63. The number of nitrogens with zero attached hydrogens (tertiary/aromatic N) is 3. The Labute approximate surface area is 169 Å². The van der Waals surface area contributed by atoms with Gasteiger partial charge in [-0.05, 0) is 24.3 Å². The fraction of sp³-hybridized carbons (Fsp3) is 0.333. The smallest absolute Gasteiger partial charge is 0.322 e. The first-order valence-electron chi connectivity index (χ1n) is 9.61. The van der Waals surface area contributed by atoms with Crippen LogP contribution in [0.15, 0.2) is 42.5 Å². The van der Waals surface area contributed by atoms with E-state index in [2.05, 4.69) is 20.2 Å². The Morgan fingerprint density at radius 3 is 2.59 bits per heavy atom. The van der Waals surface area contributed by atoms with Gasteiger partial charge in [-0.2, -0.15) is 0 Å². The molecule has 2 amide bonds. The summed E-state index contributed by atoms with van der Waals surface area (Å²) in [5.41, 5.74) is 2.63. The van der Waals surface area contributed by atoms with E-state index in [0.717, 1.165) is 36.5 Å². The van der Waals surface area contributed by atoms with E-state index in [1.807, 2.05) is 35.2 Å². The summed E-state index contributed by atoms with van der Waals surface area (Å²) in [5.74, 6) is 2.05. The van der Waals surface area contributed by atoms with Gasteiger partial charge >= 0.3 is 6.03 Å². The second-order valence-corrected chi connectivity index (χ2v) is 6.94. The van der Waals surface area contributed by atoms with Crippen molar-refractivity contribution in [1.29, 1.82) is 0 Å². The number of hydrogen-bond acceptors (Lipinski definition) is 5. The molecule has 3 aromatic rings. The van der Waals surface area contributed by atoms with Gasteiger partial charge in [0.25, 0.3) is 0 Å². The van der Waals surface area contributed by atoms with Crippen LogP contribution in [0.5, 0.6) is 11.5 Å². The van der Waals surface area contributed by atoms with Gasteiger partial charge in [0.2, 0.25) is 0 Å². The number of fused-ring (bicyclic) bond motifs is 1. The average molecular weight is 395 g/mol. The summed E-state index contributed by atoms with van der Waals surface area (Å²) in [5, 5.41) is 2.93. The quantitative estimate of drug-likeness (QED) is 0.694. The third kappa shape index (κ3) is 4.12. The minimum absolute atomic E-state index is 0.139. The molecule has 2 N–H and O–H groups in total. The number of rotatable bonds is 5. The number of anilines is 1. The number of benzene rings is 2. The number of imidazole rings is 1. The molecule has 0 spiro atoms. The molecule has 0 unspecified atom stereocenters. The number of nitrogens with one attached hydrogen (secondary N) is 2. The minimum Gasteiger partial charge on any atom is -0.493 e. The first-order chi connectivity index (χ1) is 14.2. The molecule has 2 heterocycles. The molecule has 0 saturated carbocycles. The number of para-hydroxylation sites is 3. The summed E-state index contributed by atoms with van der Waals surface area (Å²) in [7, 11) is 3.13. The lowest BCUT2D eigenvalue weighted by atomic mass is 10.2. The molecule has 1 aliphatic heterocycles. The van der Waals surface area contributed by atoms with Crippen LogP contribution < -0.4 is 14.8 Å². The molecule has 4 rings (SSSR count). The van der Waals surface area contributed by atoms with Gasteiger partial charge < -0.3 is 24.7 Å². The van der Waals surface area contributed by atoms with E-state index in [-0.39, 0.29) is 6.03 Å². The zero-order chi connectivity index (χ0) is 20.2. The summed E-state index contributed by atoms with van der Waals surface area (Å²) >= 11 is 0. The van der Waals surface area contributed by atoms with Crippen LogP contribution >= 0.6 is 0 Å². The number of ether oxygens (including phenoxy) is 2. The predicted octanol–water partition coefficient (Wildman–Crippen LogP) is 2.93. The lowest BCUT2D eigenvalue weighted by Gasteiger charge is -2.34. The maximum atomic E-state index is 12.7. The Hall–Kier alpha value is -3.26. The third-order valence-electron chi connectivity index (χ3n) is 5.12. The van der Waals surface area contributed by atoms with Crippen molar-refractivity contribution in [3.8, 4) is 11.5 Å². The van der Waals surface area contributed by atoms with Crippen LogP contribution in [0.3, 0.4) is 0 Å². The number of piperazine rings is 1. The van der Waals surface area contributed by atoms with Gasteiger partial charge in [0, 0.05) is 26.2 Å². The number of aromatic amines is 1. The molecule has 1 saturated heterocycles. The van der Waals surface area contributed by atoms with Crippen LogP contribution in [-0.2, 0) is 6.54 Å². The molecule has 0 atom stereocenters. The first kappa shape index (κ1) is 19.1. The second kappa shape index (κ2) is 8.40. The molecular formula is C21H25N5O3. The molecule has 1 aliphatic rings. The summed E-state index contributed by atoms with van der Waals surface area (Å²) < 4.78 is 10.7. The first-order valence-corrected chi connectivity index (χ1v) is 9.61. The summed E-state index contributed by atoms with van der Waals surface area (Å²) in [6.07, 6.45) is 0. The Kier molecular flexibility index (Phi) is 5.53. The highest BCUT2D eigenvalue weighted by Gasteiger charge is 2.23. The Bertz CT molecular complexity index is 962. The van der Waals surface area contributed by atoms with E-state index in [0.29, 0.717) is 30.3 Å². The van der Waals surface area contributed by atoms with Crippen molar-refractivity contribution in [1.82, 2.24) is 19.8 Å². The highest BCUT2D eigenvalue weighted by Crippen LogP contribution is 2.34. The molecule has 1 fully saturated rings. The van der Waals surface area contributed by atoms with Gasteiger partial charge in [0.1, 0.15) is 5.82 Å². The zero-order valence-corrected chi connectivity index (χ0v) is 16.6. The van der Waals surface area contributed by atoms with Crippen molar-refractivity contribution < 1.29 is 14.3 Å².